The van der Waals surface area contributed by atoms with Crippen LogP contribution in [0.2, 0.25) is 0 Å². The maximum atomic E-state index is 12.1. The summed E-state index contributed by atoms with van der Waals surface area (Å²) in [4.78, 5) is 24.2. The quantitative estimate of drug-likeness (QED) is 0.0498. The average molecular weight is 1180 g/mol. The molecule has 0 fully saturated rings. The first-order chi connectivity index (χ1) is 39.9. The molecule has 22 heteroatoms. The molecule has 14 N–H and O–H groups in total. The zero-order chi connectivity index (χ0) is 62.6. The van der Waals surface area contributed by atoms with Crippen molar-refractivity contribution < 1.29 is 110 Å². The van der Waals surface area contributed by atoms with Gasteiger partial charge in [0.15, 0.2) is 41.0 Å². The van der Waals surface area contributed by atoms with Crippen molar-refractivity contribution >= 4 is 11.9 Å². The number of hydrogen-bond acceptors (Lipinski definition) is 22. The Bertz CT molecular complexity index is 3290. The fourth-order valence-corrected chi connectivity index (χ4v) is 10.2. The van der Waals surface area contributed by atoms with Crippen LogP contribution >= 0.6 is 0 Å². The molecule has 0 aromatic heterocycles. The average Bonchev–Trinajstić information content (AvgIpc) is 3.07. The third-order valence-electron chi connectivity index (χ3n) is 14.6. The van der Waals surface area contributed by atoms with E-state index in [9.17, 15) is 81.1 Å². The first-order valence-electron chi connectivity index (χ1n) is 27.6. The molecular weight excluding hydrogens is 1110 g/mol. The number of aliphatic hydroxyl groups is 1. The van der Waals surface area contributed by atoms with Crippen LogP contribution in [0.15, 0.2) is 78.9 Å². The van der Waals surface area contributed by atoms with E-state index in [1.54, 1.807) is 39.8 Å². The smallest absolute Gasteiger partial charge is 0.308 e. The van der Waals surface area contributed by atoms with E-state index in [0.29, 0.717) is 52.0 Å². The molecule has 0 saturated carbocycles. The molecule has 4 aliphatic heterocycles. The fourth-order valence-electron chi connectivity index (χ4n) is 10.2. The van der Waals surface area contributed by atoms with E-state index in [-0.39, 0.29) is 111 Å². The molecule has 10 rings (SSSR count). The number of aromatic hydroxyl groups is 13. The summed E-state index contributed by atoms with van der Waals surface area (Å²) >= 11 is 0. The zero-order valence-electron chi connectivity index (χ0n) is 48.3. The largest absolute Gasteiger partial charge is 0.508 e. The number of phenolic OH excluding ortho intramolecular Hbond substituents is 13. The van der Waals surface area contributed by atoms with E-state index in [0.717, 1.165) is 18.1 Å². The van der Waals surface area contributed by atoms with Crippen LogP contribution in [0.4, 0.5) is 0 Å². The molecule has 0 saturated heterocycles. The van der Waals surface area contributed by atoms with Crippen molar-refractivity contribution in [3.05, 3.63) is 112 Å². The van der Waals surface area contributed by atoms with Gasteiger partial charge in [-0.2, -0.15) is 0 Å². The number of rotatable bonds is 8. The number of carbonyl (C=O) groups is 2. The second-order valence-corrected chi connectivity index (χ2v) is 22.8. The van der Waals surface area contributed by atoms with Crippen molar-refractivity contribution in [3.63, 3.8) is 0 Å². The molecule has 8 atom stereocenters. The van der Waals surface area contributed by atoms with E-state index in [1.165, 1.54) is 60.7 Å². The van der Waals surface area contributed by atoms with Gasteiger partial charge in [-0.3, -0.25) is 9.59 Å². The van der Waals surface area contributed by atoms with E-state index in [1.807, 2.05) is 13.8 Å². The topological polar surface area (TPSA) is 373 Å². The molecule has 0 amide bonds. The maximum Gasteiger partial charge on any atom is 0.308 e. The first kappa shape index (κ1) is 63.4. The minimum Gasteiger partial charge on any atom is -0.508 e. The van der Waals surface area contributed by atoms with Gasteiger partial charge in [0.25, 0.3) is 0 Å². The molecule has 22 nitrogen and oxygen atoms in total. The molecule has 85 heavy (non-hydrogen) atoms. The summed E-state index contributed by atoms with van der Waals surface area (Å²) in [7, 11) is 0. The van der Waals surface area contributed by atoms with Crippen LogP contribution in [-0.4, -0.2) is 114 Å². The van der Waals surface area contributed by atoms with Crippen LogP contribution in [0, 0.1) is 29.6 Å². The summed E-state index contributed by atoms with van der Waals surface area (Å²) in [6.07, 6.45) is -2.71. The van der Waals surface area contributed by atoms with Gasteiger partial charge in [0.05, 0.1) is 17.9 Å². The molecule has 0 unspecified atom stereocenters. The molecule has 0 radical (unpaired) electrons. The van der Waals surface area contributed by atoms with Gasteiger partial charge in [-0.05, 0) is 48.4 Å². The standard InChI is InChI=1S/C19H20O8.C19H20O7.C13H18O3.C12H16O4/c1-8(2)19(25)27-16-7-11-12(21)5-10(20)6-15(11)26-18(16)9-3-13(22)17(24)14(23)4-9;1-9(2)19(24)26-17-8-12-14(22)6-11(20)7-16(12)25-18(17)10-3-4-13(21)15(23)5-10;1-7(2)13-8(3)4-10-11(15)5-9(14)6-12(10)16-13;1-6(2)12-10(15)5-8-9(14)3-7(13)4-11(8)16-12/h3-6,8,16,18,20-24H,7H2,1-2H3;3-7,9,17-18,20-23H,8H2,1-2H3;5-8,13-15H,4H2,1-3H3;3-4,6,10,12-15H,5H2,1-2H3/t16-,18-;17-,18-;8-,13-;10-,12-/m1111/s1. The Morgan fingerprint density at radius 2 is 0.765 bits per heavy atom. The number of benzene rings is 6. The predicted molar refractivity (Wildman–Crippen MR) is 305 cm³/mol. The highest BCUT2D eigenvalue weighted by atomic mass is 16.6. The lowest BCUT2D eigenvalue weighted by atomic mass is 9.86. The van der Waals surface area contributed by atoms with Gasteiger partial charge in [0, 0.05) is 101 Å². The van der Waals surface area contributed by atoms with Crippen molar-refractivity contribution in [2.75, 3.05) is 0 Å². The van der Waals surface area contributed by atoms with Crippen LogP contribution in [0.3, 0.4) is 0 Å². The summed E-state index contributed by atoms with van der Waals surface area (Å²) < 4.78 is 34.2. The maximum absolute atomic E-state index is 12.1. The zero-order valence-corrected chi connectivity index (χ0v) is 48.3. The van der Waals surface area contributed by atoms with Crippen LogP contribution in [0.1, 0.15) is 108 Å². The van der Waals surface area contributed by atoms with Crippen molar-refractivity contribution in [3.8, 4) is 97.7 Å². The highest BCUT2D eigenvalue weighted by Crippen LogP contribution is 2.48. The minimum absolute atomic E-state index is 0.0312. The summed E-state index contributed by atoms with van der Waals surface area (Å²) in [5, 5.41) is 136. The highest BCUT2D eigenvalue weighted by Gasteiger charge is 2.40. The molecule has 4 aliphatic rings. The monoisotopic (exact) mass is 1180 g/mol. The number of ether oxygens (including phenoxy) is 6. The highest BCUT2D eigenvalue weighted by molar-refractivity contribution is 5.72. The molecule has 4 heterocycles. The van der Waals surface area contributed by atoms with Crippen LogP contribution < -0.4 is 18.9 Å². The van der Waals surface area contributed by atoms with Gasteiger partial charge in [0.1, 0.15) is 93.4 Å². The molecule has 458 valence electrons. The number of fused-ring (bicyclic) bond motifs is 4. The third kappa shape index (κ3) is 14.8. The van der Waals surface area contributed by atoms with Gasteiger partial charge in [-0.25, -0.2) is 0 Å². The van der Waals surface area contributed by atoms with Gasteiger partial charge in [-0.1, -0.05) is 68.4 Å². The van der Waals surface area contributed by atoms with Crippen molar-refractivity contribution in [2.24, 2.45) is 29.6 Å². The molecule has 0 spiro atoms. The molecule has 0 aliphatic carbocycles. The van der Waals surface area contributed by atoms with Crippen LogP contribution in [0.5, 0.6) is 97.7 Å². The molecule has 0 bridgehead atoms. The molecular formula is C63H74O22. The Hall–Kier alpha value is -9.18. The third-order valence-corrected chi connectivity index (χ3v) is 14.6. The number of esters is 2. The molecule has 6 aromatic carbocycles. The Morgan fingerprint density at radius 1 is 0.412 bits per heavy atom. The number of carbonyl (C=O) groups excluding carboxylic acids is 2. The summed E-state index contributed by atoms with van der Waals surface area (Å²) in [6.45, 7) is 17.0. The lowest BCUT2D eigenvalue weighted by Crippen LogP contribution is -2.41. The second kappa shape index (κ2) is 26.2. The van der Waals surface area contributed by atoms with E-state index in [2.05, 4.69) is 20.8 Å². The number of hydrogen-bond donors (Lipinski definition) is 14. The van der Waals surface area contributed by atoms with Crippen molar-refractivity contribution in [1.29, 1.82) is 0 Å². The second-order valence-electron chi connectivity index (χ2n) is 22.8. The normalized spacial score (nSPS) is 20.7. The van der Waals surface area contributed by atoms with E-state index >= 15 is 0 Å². The number of phenols is 13. The Morgan fingerprint density at radius 3 is 1.15 bits per heavy atom. The Balaban J connectivity index is 0.000000167. The van der Waals surface area contributed by atoms with E-state index < -0.39 is 65.6 Å². The fraction of sp³-hybridized carbons (Fsp3) is 0.397. The van der Waals surface area contributed by atoms with Crippen molar-refractivity contribution in [1.82, 2.24) is 0 Å². The lowest BCUT2D eigenvalue weighted by Gasteiger charge is -2.34. The molecule has 6 aromatic rings. The van der Waals surface area contributed by atoms with Gasteiger partial charge in [0.2, 0.25) is 0 Å². The van der Waals surface area contributed by atoms with Gasteiger partial charge < -0.3 is 99.9 Å². The predicted octanol–water partition coefficient (Wildman–Crippen LogP) is 9.32. The summed E-state index contributed by atoms with van der Waals surface area (Å²) in [5.74, 6) is -2.19. The summed E-state index contributed by atoms with van der Waals surface area (Å²) in [6, 6.07) is 17.2. The lowest BCUT2D eigenvalue weighted by molar-refractivity contribution is -0.159. The van der Waals surface area contributed by atoms with Crippen LogP contribution in [-0.2, 0) is 44.7 Å². The Labute approximate surface area is 490 Å². The van der Waals surface area contributed by atoms with Crippen molar-refractivity contribution in [2.45, 2.75) is 131 Å². The number of aliphatic hydroxyl groups excluding tert-OH is 1. The van der Waals surface area contributed by atoms with Crippen LogP contribution in [0.25, 0.3) is 0 Å². The van der Waals surface area contributed by atoms with E-state index in [4.69, 9.17) is 28.4 Å². The summed E-state index contributed by atoms with van der Waals surface area (Å²) in [5.41, 5.74) is 2.87. The van der Waals surface area contributed by atoms with Gasteiger partial charge >= 0.3 is 11.9 Å². The first-order valence-corrected chi connectivity index (χ1v) is 27.6. The minimum atomic E-state index is -0.946. The SMILES string of the molecule is CC(C)C(=O)O[C@@H]1Cc2c(O)cc(O)cc2O[C@@H]1c1cc(O)c(O)c(O)c1.CC(C)C(=O)O[C@@H]1Cc2c(O)cc(O)cc2O[C@@H]1c1ccc(O)c(O)c1.CC(C)[C@H]1Oc2cc(O)cc(O)c2C[C@H]1C.CC(C)[C@H]1Oc2cc(O)cc(O)c2C[C@H]1O. The Kier molecular flexibility index (Phi) is 19.5. The van der Waals surface area contributed by atoms with Gasteiger partial charge in [-0.15, -0.1) is 0 Å².